The lowest BCUT2D eigenvalue weighted by Gasteiger charge is -2.10. The van der Waals surface area contributed by atoms with E-state index in [2.05, 4.69) is 0 Å². The molecular formula is C13H9F3O3. The summed E-state index contributed by atoms with van der Waals surface area (Å²) >= 11 is 0. The largest absolute Gasteiger partial charge is 0.451 e. The zero-order valence-electron chi connectivity index (χ0n) is 9.48. The lowest BCUT2D eigenvalue weighted by Crippen LogP contribution is -2.00. The van der Waals surface area contributed by atoms with E-state index >= 15 is 0 Å². The molecule has 0 heterocycles. The van der Waals surface area contributed by atoms with E-state index in [1.165, 1.54) is 12.1 Å². The van der Waals surface area contributed by atoms with Gasteiger partial charge in [0.2, 0.25) is 0 Å². The number of hydrogen-bond acceptors (Lipinski definition) is 3. The van der Waals surface area contributed by atoms with E-state index in [0.29, 0.717) is 0 Å². The highest BCUT2D eigenvalue weighted by molar-refractivity contribution is 5.36. The monoisotopic (exact) mass is 270 g/mol. The van der Waals surface area contributed by atoms with Crippen LogP contribution in [-0.4, -0.2) is 10.2 Å². The van der Waals surface area contributed by atoms with Crippen LogP contribution in [0.3, 0.4) is 0 Å². The first-order valence-corrected chi connectivity index (χ1v) is 5.26. The van der Waals surface area contributed by atoms with Crippen LogP contribution in [0.2, 0.25) is 0 Å². The standard InChI is InChI=1S/C13H9F3O3/c14-8-2-1-3-9(6-8)19-12-10(15)4-7(13(17)18)5-11(12)16/h1-6,13,17-18H. The van der Waals surface area contributed by atoms with Gasteiger partial charge in [0.15, 0.2) is 23.7 Å². The normalized spacial score (nSPS) is 10.8. The topological polar surface area (TPSA) is 49.7 Å². The second-order valence-corrected chi connectivity index (χ2v) is 3.75. The lowest BCUT2D eigenvalue weighted by atomic mass is 10.2. The lowest BCUT2D eigenvalue weighted by molar-refractivity contribution is -0.0429. The van der Waals surface area contributed by atoms with Crippen molar-refractivity contribution in [2.75, 3.05) is 0 Å². The summed E-state index contributed by atoms with van der Waals surface area (Å²) in [5.74, 6) is -3.66. The smallest absolute Gasteiger partial charge is 0.198 e. The molecule has 0 fully saturated rings. The maximum absolute atomic E-state index is 13.6. The van der Waals surface area contributed by atoms with E-state index in [-0.39, 0.29) is 11.3 Å². The highest BCUT2D eigenvalue weighted by atomic mass is 19.1. The van der Waals surface area contributed by atoms with Gasteiger partial charge in [0, 0.05) is 11.6 Å². The molecule has 0 spiro atoms. The van der Waals surface area contributed by atoms with Gasteiger partial charge in [-0.05, 0) is 24.3 Å². The molecule has 0 radical (unpaired) electrons. The summed E-state index contributed by atoms with van der Waals surface area (Å²) in [5.41, 5.74) is -0.346. The van der Waals surface area contributed by atoms with Crippen molar-refractivity contribution in [3.8, 4) is 11.5 Å². The van der Waals surface area contributed by atoms with E-state index < -0.39 is 29.5 Å². The Morgan fingerprint density at radius 1 is 0.947 bits per heavy atom. The van der Waals surface area contributed by atoms with Crippen LogP contribution >= 0.6 is 0 Å². The number of aliphatic hydroxyl groups is 2. The van der Waals surface area contributed by atoms with Crippen molar-refractivity contribution in [1.29, 1.82) is 0 Å². The average Bonchev–Trinajstić information content (AvgIpc) is 2.33. The zero-order valence-corrected chi connectivity index (χ0v) is 9.48. The second-order valence-electron chi connectivity index (χ2n) is 3.75. The van der Waals surface area contributed by atoms with Crippen LogP contribution < -0.4 is 4.74 Å². The van der Waals surface area contributed by atoms with Gasteiger partial charge in [-0.2, -0.15) is 0 Å². The third-order valence-electron chi connectivity index (χ3n) is 2.33. The summed E-state index contributed by atoms with van der Waals surface area (Å²) in [6, 6.07) is 6.23. The van der Waals surface area contributed by atoms with Crippen LogP contribution in [0.1, 0.15) is 11.9 Å². The van der Waals surface area contributed by atoms with Gasteiger partial charge in [-0.3, -0.25) is 0 Å². The van der Waals surface area contributed by atoms with Gasteiger partial charge in [-0.25, -0.2) is 13.2 Å². The fourth-order valence-corrected chi connectivity index (χ4v) is 1.47. The number of aliphatic hydroxyl groups excluding tert-OH is 1. The van der Waals surface area contributed by atoms with Gasteiger partial charge in [-0.15, -0.1) is 0 Å². The highest BCUT2D eigenvalue weighted by Crippen LogP contribution is 2.30. The maximum atomic E-state index is 13.6. The molecule has 0 aromatic heterocycles. The molecule has 2 N–H and O–H groups in total. The summed E-state index contributed by atoms with van der Waals surface area (Å²) in [6.07, 6.45) is -1.99. The van der Waals surface area contributed by atoms with E-state index in [4.69, 9.17) is 14.9 Å². The number of halogens is 3. The van der Waals surface area contributed by atoms with E-state index in [1.807, 2.05) is 0 Å². The maximum Gasteiger partial charge on any atom is 0.198 e. The molecule has 0 unspecified atom stereocenters. The first-order valence-electron chi connectivity index (χ1n) is 5.26. The SMILES string of the molecule is OC(O)c1cc(F)c(Oc2cccc(F)c2)c(F)c1. The Morgan fingerprint density at radius 2 is 1.58 bits per heavy atom. The molecule has 0 aliphatic heterocycles. The summed E-state index contributed by atoms with van der Waals surface area (Å²) < 4.78 is 45.0. The van der Waals surface area contributed by atoms with Gasteiger partial charge in [0.25, 0.3) is 0 Å². The van der Waals surface area contributed by atoms with Crippen molar-refractivity contribution in [3.05, 3.63) is 59.4 Å². The molecule has 2 aromatic rings. The van der Waals surface area contributed by atoms with Crippen LogP contribution in [0.25, 0.3) is 0 Å². The van der Waals surface area contributed by atoms with Crippen molar-refractivity contribution in [2.45, 2.75) is 6.29 Å². The van der Waals surface area contributed by atoms with Gasteiger partial charge >= 0.3 is 0 Å². The second kappa shape index (κ2) is 5.29. The van der Waals surface area contributed by atoms with Gasteiger partial charge in [0.05, 0.1) is 0 Å². The minimum Gasteiger partial charge on any atom is -0.451 e. The van der Waals surface area contributed by atoms with Crippen LogP contribution in [0.5, 0.6) is 11.5 Å². The van der Waals surface area contributed by atoms with Gasteiger partial charge in [-0.1, -0.05) is 6.07 Å². The molecule has 0 aliphatic rings. The third kappa shape index (κ3) is 3.04. The molecule has 2 rings (SSSR count). The molecule has 0 saturated heterocycles. The summed E-state index contributed by atoms with van der Waals surface area (Å²) in [4.78, 5) is 0. The molecule has 19 heavy (non-hydrogen) atoms. The fraction of sp³-hybridized carbons (Fsp3) is 0.0769. The predicted octanol–water partition coefficient (Wildman–Crippen LogP) is 2.88. The van der Waals surface area contributed by atoms with Crippen molar-refractivity contribution >= 4 is 0 Å². The quantitative estimate of drug-likeness (QED) is 0.843. The molecular weight excluding hydrogens is 261 g/mol. The van der Waals surface area contributed by atoms with Crippen molar-refractivity contribution in [1.82, 2.24) is 0 Å². The number of benzene rings is 2. The Morgan fingerprint density at radius 3 is 2.11 bits per heavy atom. The van der Waals surface area contributed by atoms with E-state index in [0.717, 1.165) is 24.3 Å². The molecule has 0 atom stereocenters. The molecule has 0 bridgehead atoms. The van der Waals surface area contributed by atoms with Gasteiger partial charge in [0.1, 0.15) is 11.6 Å². The van der Waals surface area contributed by atoms with Crippen molar-refractivity contribution in [2.24, 2.45) is 0 Å². The summed E-state index contributed by atoms with van der Waals surface area (Å²) in [6.45, 7) is 0. The van der Waals surface area contributed by atoms with Crippen molar-refractivity contribution in [3.63, 3.8) is 0 Å². The minimum absolute atomic E-state index is 0.0740. The van der Waals surface area contributed by atoms with Crippen LogP contribution in [0.15, 0.2) is 36.4 Å². The van der Waals surface area contributed by atoms with Crippen LogP contribution in [0.4, 0.5) is 13.2 Å². The van der Waals surface area contributed by atoms with Crippen molar-refractivity contribution < 1.29 is 28.1 Å². The number of ether oxygens (including phenoxy) is 1. The summed E-state index contributed by atoms with van der Waals surface area (Å²) in [5, 5.41) is 17.6. The zero-order chi connectivity index (χ0) is 14.0. The molecule has 2 aromatic carbocycles. The Hall–Kier alpha value is -2.05. The fourth-order valence-electron chi connectivity index (χ4n) is 1.47. The van der Waals surface area contributed by atoms with Crippen LogP contribution in [-0.2, 0) is 0 Å². The molecule has 3 nitrogen and oxygen atoms in total. The first-order chi connectivity index (χ1) is 8.97. The third-order valence-corrected chi connectivity index (χ3v) is 2.33. The molecule has 0 aliphatic carbocycles. The van der Waals surface area contributed by atoms with Gasteiger partial charge < -0.3 is 14.9 Å². The number of hydrogen-bond donors (Lipinski definition) is 2. The Bertz CT molecular complexity index is 576. The molecule has 100 valence electrons. The Kier molecular flexibility index (Phi) is 3.73. The Labute approximate surface area is 106 Å². The molecule has 0 amide bonds. The predicted molar refractivity (Wildman–Crippen MR) is 60.0 cm³/mol. The molecule has 6 heteroatoms. The van der Waals surface area contributed by atoms with Crippen LogP contribution in [0, 0.1) is 17.5 Å². The highest BCUT2D eigenvalue weighted by Gasteiger charge is 2.16. The number of rotatable bonds is 3. The Balaban J connectivity index is 2.35. The van der Waals surface area contributed by atoms with E-state index in [9.17, 15) is 13.2 Å². The average molecular weight is 270 g/mol. The first kappa shape index (κ1) is 13.4. The van der Waals surface area contributed by atoms with E-state index in [1.54, 1.807) is 0 Å². The minimum atomic E-state index is -1.99. The summed E-state index contributed by atoms with van der Waals surface area (Å²) in [7, 11) is 0. The molecule has 0 saturated carbocycles.